The van der Waals surface area contributed by atoms with Crippen molar-refractivity contribution in [2.24, 2.45) is 5.16 Å². The lowest BCUT2D eigenvalue weighted by molar-refractivity contribution is -0.129. The lowest BCUT2D eigenvalue weighted by Crippen LogP contribution is -2.17. The monoisotopic (exact) mass is 453 g/mol. The van der Waals surface area contributed by atoms with Crippen LogP contribution in [0.1, 0.15) is 43.7 Å². The topological polar surface area (TPSA) is 77.3 Å². The number of benzene rings is 2. The first-order valence-electron chi connectivity index (χ1n) is 9.65. The molecule has 2 aromatic carbocycles. The first kappa shape index (κ1) is 23.8. The normalized spacial score (nSPS) is 11.3. The molecule has 0 spiro atoms. The molecular weight excluding hydrogens is 429 g/mol. The van der Waals surface area contributed by atoms with Crippen molar-refractivity contribution in [3.05, 3.63) is 57.6 Å². The van der Waals surface area contributed by atoms with Gasteiger partial charge in [0.2, 0.25) is 0 Å². The maximum Gasteiger partial charge on any atom is 0.358 e. The van der Waals surface area contributed by atoms with E-state index in [0.717, 1.165) is 25.7 Å². The number of aliphatic carboxylic acids is 1. The third-order valence-electron chi connectivity index (χ3n) is 4.27. The zero-order valence-corrected chi connectivity index (χ0v) is 18.5. The van der Waals surface area contributed by atoms with Gasteiger partial charge < -0.3 is 19.4 Å². The molecule has 0 unspecified atom stereocenters. The number of ether oxygens (including phenoxy) is 2. The molecular formula is C22H25Cl2NO5. The van der Waals surface area contributed by atoms with Crippen LogP contribution >= 0.6 is 23.2 Å². The summed E-state index contributed by atoms with van der Waals surface area (Å²) in [4.78, 5) is 16.1. The van der Waals surface area contributed by atoms with E-state index in [9.17, 15) is 9.90 Å². The minimum atomic E-state index is -1.20. The van der Waals surface area contributed by atoms with Gasteiger partial charge >= 0.3 is 5.97 Å². The summed E-state index contributed by atoms with van der Waals surface area (Å²) in [7, 11) is 1.29. The van der Waals surface area contributed by atoms with Gasteiger partial charge in [-0.1, -0.05) is 78.8 Å². The van der Waals surface area contributed by atoms with Crippen molar-refractivity contribution in [2.75, 3.05) is 13.7 Å². The Labute approximate surface area is 186 Å². The summed E-state index contributed by atoms with van der Waals surface area (Å²) in [6, 6.07) is 10.1. The van der Waals surface area contributed by atoms with E-state index in [2.05, 4.69) is 16.9 Å². The highest BCUT2D eigenvalue weighted by atomic mass is 35.5. The summed E-state index contributed by atoms with van der Waals surface area (Å²) in [5.74, 6) is -0.322. The van der Waals surface area contributed by atoms with E-state index in [4.69, 9.17) is 32.7 Å². The molecule has 0 amide bonds. The number of carboxylic acid groups (broad SMARTS) is 1. The van der Waals surface area contributed by atoms with E-state index in [0.29, 0.717) is 39.3 Å². The van der Waals surface area contributed by atoms with Crippen LogP contribution in [0.25, 0.3) is 0 Å². The molecule has 30 heavy (non-hydrogen) atoms. The predicted octanol–water partition coefficient (Wildman–Crippen LogP) is 5.97. The number of carboxylic acids is 1. The average Bonchev–Trinajstić information content (AvgIpc) is 2.72. The molecule has 0 aliphatic carbocycles. The molecule has 0 aromatic heterocycles. The fraction of sp³-hybridized carbons (Fsp3) is 0.364. The van der Waals surface area contributed by atoms with Crippen LogP contribution in [-0.4, -0.2) is 30.5 Å². The Hall–Kier alpha value is -2.44. The van der Waals surface area contributed by atoms with E-state index in [1.165, 1.54) is 7.11 Å². The standard InChI is InChI=1S/C22H25Cl2NO5/c1-3-4-5-8-11-29-21-18(23)12-16(13-19(21)24)30-14-15-9-6-7-10-17(15)20(22(26)27)25-28-2/h6-7,9-10,12-13H,3-5,8,11,14H2,1-2H3,(H,26,27)/b25-20+. The van der Waals surface area contributed by atoms with Crippen molar-refractivity contribution < 1.29 is 24.2 Å². The van der Waals surface area contributed by atoms with Gasteiger partial charge in [-0.05, 0) is 12.0 Å². The maximum absolute atomic E-state index is 11.5. The van der Waals surface area contributed by atoms with Crippen LogP contribution in [0.3, 0.4) is 0 Å². The van der Waals surface area contributed by atoms with Crippen molar-refractivity contribution in [3.63, 3.8) is 0 Å². The van der Waals surface area contributed by atoms with E-state index in [-0.39, 0.29) is 12.3 Å². The average molecular weight is 454 g/mol. The fourth-order valence-corrected chi connectivity index (χ4v) is 3.37. The molecule has 0 heterocycles. The zero-order valence-electron chi connectivity index (χ0n) is 17.0. The van der Waals surface area contributed by atoms with Crippen molar-refractivity contribution in [3.8, 4) is 11.5 Å². The van der Waals surface area contributed by atoms with Crippen molar-refractivity contribution in [2.45, 2.75) is 39.2 Å². The molecule has 2 rings (SSSR count). The van der Waals surface area contributed by atoms with Crippen molar-refractivity contribution in [1.29, 1.82) is 0 Å². The van der Waals surface area contributed by atoms with Gasteiger partial charge in [-0.2, -0.15) is 0 Å². The first-order valence-corrected chi connectivity index (χ1v) is 10.4. The van der Waals surface area contributed by atoms with Crippen molar-refractivity contribution >= 4 is 34.9 Å². The summed E-state index contributed by atoms with van der Waals surface area (Å²) in [6.45, 7) is 2.79. The van der Waals surface area contributed by atoms with Gasteiger partial charge in [0, 0.05) is 17.7 Å². The fourth-order valence-electron chi connectivity index (χ4n) is 2.79. The molecule has 0 radical (unpaired) electrons. The first-order chi connectivity index (χ1) is 14.5. The zero-order chi connectivity index (χ0) is 21.9. The molecule has 0 bridgehead atoms. The number of carbonyl (C=O) groups is 1. The Balaban J connectivity index is 2.10. The van der Waals surface area contributed by atoms with E-state index in [1.807, 2.05) is 0 Å². The van der Waals surface area contributed by atoms with Crippen LogP contribution in [0.5, 0.6) is 11.5 Å². The SMILES string of the molecule is CCCCCCOc1c(Cl)cc(OCc2ccccc2/C(=N\OC)C(=O)O)cc1Cl. The van der Waals surface area contributed by atoms with Gasteiger partial charge in [0.15, 0.2) is 11.5 Å². The smallest absolute Gasteiger partial charge is 0.358 e. The van der Waals surface area contributed by atoms with Gasteiger partial charge in [0.05, 0.1) is 16.7 Å². The molecule has 1 N–H and O–H groups in total. The van der Waals surface area contributed by atoms with Crippen LogP contribution in [0.2, 0.25) is 10.0 Å². The van der Waals surface area contributed by atoms with Gasteiger partial charge in [-0.25, -0.2) is 4.79 Å². The predicted molar refractivity (Wildman–Crippen MR) is 118 cm³/mol. The van der Waals surface area contributed by atoms with Crippen LogP contribution in [0, 0.1) is 0 Å². The number of unbranched alkanes of at least 4 members (excludes halogenated alkanes) is 3. The number of hydrogen-bond donors (Lipinski definition) is 1. The Bertz CT molecular complexity index is 863. The minimum absolute atomic E-state index is 0.0933. The van der Waals surface area contributed by atoms with Crippen LogP contribution in [-0.2, 0) is 16.2 Å². The number of halogens is 2. The van der Waals surface area contributed by atoms with Gasteiger partial charge in [0.25, 0.3) is 0 Å². The molecule has 0 aliphatic heterocycles. The third-order valence-corrected chi connectivity index (χ3v) is 4.83. The molecule has 0 saturated heterocycles. The second-order valence-corrected chi connectivity index (χ2v) is 7.31. The summed E-state index contributed by atoms with van der Waals surface area (Å²) in [5.41, 5.74) is 0.815. The Morgan fingerprint density at radius 2 is 1.77 bits per heavy atom. The summed E-state index contributed by atoms with van der Waals surface area (Å²) in [5, 5.41) is 13.7. The van der Waals surface area contributed by atoms with E-state index >= 15 is 0 Å². The molecule has 6 nitrogen and oxygen atoms in total. The molecule has 0 saturated carbocycles. The van der Waals surface area contributed by atoms with Gasteiger partial charge in [-0.15, -0.1) is 0 Å². The number of hydrogen-bond acceptors (Lipinski definition) is 5. The second kappa shape index (κ2) is 12.3. The molecule has 8 heteroatoms. The summed E-state index contributed by atoms with van der Waals surface area (Å²) >= 11 is 12.6. The Morgan fingerprint density at radius 3 is 2.40 bits per heavy atom. The van der Waals surface area contributed by atoms with Crippen LogP contribution in [0.4, 0.5) is 0 Å². The van der Waals surface area contributed by atoms with Gasteiger partial charge in [-0.3, -0.25) is 0 Å². The summed E-state index contributed by atoms with van der Waals surface area (Å²) < 4.78 is 11.5. The highest BCUT2D eigenvalue weighted by molar-refractivity contribution is 6.42. The Morgan fingerprint density at radius 1 is 1.07 bits per heavy atom. The third kappa shape index (κ3) is 6.82. The quantitative estimate of drug-likeness (QED) is 0.243. The molecule has 2 aromatic rings. The molecule has 0 fully saturated rings. The minimum Gasteiger partial charge on any atom is -0.490 e. The molecule has 162 valence electrons. The number of rotatable bonds is 12. The lowest BCUT2D eigenvalue weighted by atomic mass is 10.0. The van der Waals surface area contributed by atoms with E-state index < -0.39 is 5.97 Å². The highest BCUT2D eigenvalue weighted by Gasteiger charge is 2.18. The maximum atomic E-state index is 11.5. The summed E-state index contributed by atoms with van der Waals surface area (Å²) in [6.07, 6.45) is 4.35. The second-order valence-electron chi connectivity index (χ2n) is 6.50. The highest BCUT2D eigenvalue weighted by Crippen LogP contribution is 2.37. The number of nitrogens with zero attached hydrogens (tertiary/aromatic N) is 1. The van der Waals surface area contributed by atoms with E-state index in [1.54, 1.807) is 36.4 Å². The van der Waals surface area contributed by atoms with Crippen molar-refractivity contribution in [1.82, 2.24) is 0 Å². The van der Waals surface area contributed by atoms with Gasteiger partial charge in [0.1, 0.15) is 19.5 Å². The van der Waals surface area contributed by atoms with Crippen LogP contribution < -0.4 is 9.47 Å². The number of oxime groups is 1. The van der Waals surface area contributed by atoms with Crippen LogP contribution in [0.15, 0.2) is 41.6 Å². The largest absolute Gasteiger partial charge is 0.490 e. The molecule has 0 atom stereocenters. The lowest BCUT2D eigenvalue weighted by Gasteiger charge is -2.14. The Kier molecular flexibility index (Phi) is 9.77. The molecule has 0 aliphatic rings.